The Morgan fingerprint density at radius 1 is 1.24 bits per heavy atom. The van der Waals surface area contributed by atoms with Gasteiger partial charge in [0.15, 0.2) is 5.96 Å². The van der Waals surface area contributed by atoms with Crippen LogP contribution >= 0.6 is 0 Å². The van der Waals surface area contributed by atoms with Crippen LogP contribution < -0.4 is 16.0 Å². The van der Waals surface area contributed by atoms with E-state index in [2.05, 4.69) is 20.9 Å². The number of aliphatic imine (C=N–C) groups is 1. The van der Waals surface area contributed by atoms with Crippen molar-refractivity contribution in [3.05, 3.63) is 24.2 Å². The molecule has 0 unspecified atom stereocenters. The van der Waals surface area contributed by atoms with Crippen molar-refractivity contribution in [1.82, 2.24) is 16.0 Å². The second-order valence-corrected chi connectivity index (χ2v) is 5.37. The van der Waals surface area contributed by atoms with Gasteiger partial charge in [0.1, 0.15) is 12.3 Å². The highest BCUT2D eigenvalue weighted by Crippen LogP contribution is 2.13. The number of nitrogens with one attached hydrogen (secondary N) is 3. The maximum absolute atomic E-state index is 12.0. The fourth-order valence-electron chi connectivity index (χ4n) is 1.69. The first-order chi connectivity index (χ1) is 9.99. The summed E-state index contributed by atoms with van der Waals surface area (Å²) in [6.07, 6.45) is 1.63. The third-order valence-electron chi connectivity index (χ3n) is 2.97. The molecule has 6 nitrogen and oxygen atoms in total. The third-order valence-corrected chi connectivity index (χ3v) is 2.97. The van der Waals surface area contributed by atoms with Gasteiger partial charge in [0, 0.05) is 19.6 Å². The van der Waals surface area contributed by atoms with E-state index in [9.17, 15) is 4.79 Å². The molecule has 0 saturated carbocycles. The molecule has 0 aliphatic carbocycles. The molecule has 0 bridgehead atoms. The van der Waals surface area contributed by atoms with Gasteiger partial charge < -0.3 is 20.4 Å². The number of nitrogens with zero attached hydrogens (tertiary/aromatic N) is 1. The number of guanidine groups is 1. The van der Waals surface area contributed by atoms with Crippen molar-refractivity contribution in [1.29, 1.82) is 0 Å². The quantitative estimate of drug-likeness (QED) is 0.526. The van der Waals surface area contributed by atoms with Crippen LogP contribution in [0.1, 0.15) is 33.5 Å². The van der Waals surface area contributed by atoms with Gasteiger partial charge in [-0.05, 0) is 39.8 Å². The van der Waals surface area contributed by atoms with Gasteiger partial charge in [-0.3, -0.25) is 4.79 Å². The Kier molecular flexibility index (Phi) is 6.78. The molecular weight excluding hydrogens is 268 g/mol. The molecule has 0 saturated heterocycles. The van der Waals surface area contributed by atoms with Gasteiger partial charge in [-0.15, -0.1) is 0 Å². The molecule has 118 valence electrons. The van der Waals surface area contributed by atoms with Crippen molar-refractivity contribution in [2.75, 3.05) is 19.6 Å². The Bertz CT molecular complexity index is 452. The summed E-state index contributed by atoms with van der Waals surface area (Å²) in [6.45, 7) is 10.1. The van der Waals surface area contributed by atoms with Crippen molar-refractivity contribution in [2.24, 2.45) is 10.4 Å². The number of hydrogen-bond acceptors (Lipinski definition) is 3. The zero-order chi connectivity index (χ0) is 15.7. The summed E-state index contributed by atoms with van der Waals surface area (Å²) in [5, 5.41) is 9.19. The summed E-state index contributed by atoms with van der Waals surface area (Å²) in [7, 11) is 0. The van der Waals surface area contributed by atoms with Gasteiger partial charge in [0.2, 0.25) is 5.91 Å². The highest BCUT2D eigenvalue weighted by atomic mass is 16.3. The van der Waals surface area contributed by atoms with Crippen LogP contribution in [-0.4, -0.2) is 31.5 Å². The predicted octanol–water partition coefficient (Wildman–Crippen LogP) is 1.50. The fraction of sp³-hybridized carbons (Fsp3) is 0.600. The summed E-state index contributed by atoms with van der Waals surface area (Å²) in [5.41, 5.74) is -0.503. The molecule has 0 atom stereocenters. The molecule has 1 aromatic rings. The van der Waals surface area contributed by atoms with E-state index in [1.807, 2.05) is 39.8 Å². The lowest BCUT2D eigenvalue weighted by atomic mass is 9.92. The molecule has 6 heteroatoms. The van der Waals surface area contributed by atoms with E-state index in [0.717, 1.165) is 12.3 Å². The molecule has 0 aromatic carbocycles. The van der Waals surface area contributed by atoms with Crippen molar-refractivity contribution in [3.8, 4) is 0 Å². The monoisotopic (exact) mass is 294 g/mol. The average molecular weight is 294 g/mol. The van der Waals surface area contributed by atoms with Crippen LogP contribution in [0.25, 0.3) is 0 Å². The maximum Gasteiger partial charge on any atom is 0.227 e. The molecule has 1 rings (SSSR count). The van der Waals surface area contributed by atoms with E-state index >= 15 is 0 Å². The van der Waals surface area contributed by atoms with Crippen LogP contribution in [0.15, 0.2) is 27.8 Å². The summed E-state index contributed by atoms with van der Waals surface area (Å²) >= 11 is 0. The smallest absolute Gasteiger partial charge is 0.227 e. The summed E-state index contributed by atoms with van der Waals surface area (Å²) in [4.78, 5) is 16.4. The van der Waals surface area contributed by atoms with Crippen LogP contribution in [0, 0.1) is 5.41 Å². The molecule has 1 amide bonds. The first-order valence-corrected chi connectivity index (χ1v) is 7.32. The Hall–Kier alpha value is -1.98. The Morgan fingerprint density at radius 2 is 1.95 bits per heavy atom. The molecule has 0 aliphatic heterocycles. The summed E-state index contributed by atoms with van der Waals surface area (Å²) < 4.78 is 5.25. The van der Waals surface area contributed by atoms with E-state index in [4.69, 9.17) is 4.42 Å². The molecule has 0 radical (unpaired) electrons. The minimum atomic E-state index is -0.503. The van der Waals surface area contributed by atoms with Gasteiger partial charge >= 0.3 is 0 Å². The van der Waals surface area contributed by atoms with Crippen LogP contribution in [0.4, 0.5) is 0 Å². The van der Waals surface area contributed by atoms with Crippen molar-refractivity contribution >= 4 is 11.9 Å². The number of furan rings is 1. The lowest BCUT2D eigenvalue weighted by Crippen LogP contribution is -2.47. The van der Waals surface area contributed by atoms with Crippen LogP contribution in [0.3, 0.4) is 0 Å². The van der Waals surface area contributed by atoms with Gasteiger partial charge in [0.25, 0.3) is 0 Å². The Balaban J connectivity index is 2.57. The van der Waals surface area contributed by atoms with E-state index in [1.165, 1.54) is 0 Å². The van der Waals surface area contributed by atoms with Crippen molar-refractivity contribution in [2.45, 2.75) is 34.2 Å². The molecular formula is C15H26N4O2. The van der Waals surface area contributed by atoms with Gasteiger partial charge in [-0.25, -0.2) is 4.99 Å². The highest BCUT2D eigenvalue weighted by molar-refractivity contribution is 5.84. The molecule has 0 fully saturated rings. The first kappa shape index (κ1) is 17.1. The zero-order valence-corrected chi connectivity index (χ0v) is 13.3. The van der Waals surface area contributed by atoms with Crippen molar-refractivity contribution in [3.63, 3.8) is 0 Å². The second-order valence-electron chi connectivity index (χ2n) is 5.37. The van der Waals surface area contributed by atoms with Gasteiger partial charge in [-0.2, -0.15) is 0 Å². The Labute approximate surface area is 126 Å². The topological polar surface area (TPSA) is 78.7 Å². The number of amides is 1. The van der Waals surface area contributed by atoms with E-state index in [1.54, 1.807) is 6.26 Å². The largest absolute Gasteiger partial charge is 0.467 e. The first-order valence-electron chi connectivity index (χ1n) is 7.32. The SMILES string of the molecule is CCNC(=O)C(C)(C)CNC(=NCc1ccco1)NCC. The predicted molar refractivity (Wildman–Crippen MR) is 84.0 cm³/mol. The molecule has 0 spiro atoms. The maximum atomic E-state index is 12.0. The van der Waals surface area contributed by atoms with E-state index < -0.39 is 5.41 Å². The lowest BCUT2D eigenvalue weighted by molar-refractivity contribution is -0.128. The second kappa shape index (κ2) is 8.34. The normalized spacial score (nSPS) is 12.1. The molecule has 0 aliphatic rings. The van der Waals surface area contributed by atoms with Gasteiger partial charge in [-0.1, -0.05) is 0 Å². The molecule has 21 heavy (non-hydrogen) atoms. The summed E-state index contributed by atoms with van der Waals surface area (Å²) in [5.74, 6) is 1.50. The fourth-order valence-corrected chi connectivity index (χ4v) is 1.69. The third kappa shape index (κ3) is 5.89. The minimum Gasteiger partial charge on any atom is -0.467 e. The highest BCUT2D eigenvalue weighted by Gasteiger charge is 2.27. The summed E-state index contributed by atoms with van der Waals surface area (Å²) in [6, 6.07) is 3.72. The number of carbonyl (C=O) groups excluding carboxylic acids is 1. The van der Waals surface area contributed by atoms with Crippen LogP contribution in [-0.2, 0) is 11.3 Å². The van der Waals surface area contributed by atoms with Crippen LogP contribution in [0.2, 0.25) is 0 Å². The standard InChI is InChI=1S/C15H26N4O2/c1-5-16-13(20)15(3,4)11-19-14(17-6-2)18-10-12-8-7-9-21-12/h7-9H,5-6,10-11H2,1-4H3,(H,16,20)(H2,17,18,19). The van der Waals surface area contributed by atoms with Gasteiger partial charge in [0.05, 0.1) is 11.7 Å². The average Bonchev–Trinajstić information content (AvgIpc) is 2.95. The number of carbonyl (C=O) groups is 1. The number of hydrogen-bond donors (Lipinski definition) is 3. The molecule has 1 heterocycles. The lowest BCUT2D eigenvalue weighted by Gasteiger charge is -2.24. The van der Waals surface area contributed by atoms with Crippen LogP contribution in [0.5, 0.6) is 0 Å². The van der Waals surface area contributed by atoms with E-state index in [-0.39, 0.29) is 5.91 Å². The van der Waals surface area contributed by atoms with Crippen molar-refractivity contribution < 1.29 is 9.21 Å². The zero-order valence-electron chi connectivity index (χ0n) is 13.3. The minimum absolute atomic E-state index is 0.0272. The molecule has 1 aromatic heterocycles. The van der Waals surface area contributed by atoms with E-state index in [0.29, 0.717) is 25.6 Å². The number of rotatable bonds is 7. The Morgan fingerprint density at radius 3 is 2.52 bits per heavy atom. The molecule has 3 N–H and O–H groups in total.